The van der Waals surface area contributed by atoms with Crippen molar-refractivity contribution >= 4 is 46.2 Å². The second-order valence-corrected chi connectivity index (χ2v) is 12.1. The van der Waals surface area contributed by atoms with Gasteiger partial charge in [0.05, 0.1) is 10.5 Å². The highest BCUT2D eigenvalue weighted by Gasteiger charge is 2.30. The standard InChI is InChI=1S/C27H38ClN5O4/c1-26(2,3)36-24(34)32-13-11-31(12-14-32)23-21(28)16-18-15-19(7-8-22(18)30-23)29-20-9-10-33(17-20)25(35)37-27(4,5)6/h7-8,15-16,20,29H,9-14,17H2,1-6H3/t20-/m1/s1. The number of fused-ring (bicyclic) bond motifs is 1. The molecule has 0 aliphatic carbocycles. The highest BCUT2D eigenvalue weighted by Crippen LogP contribution is 2.31. The van der Waals surface area contributed by atoms with Gasteiger partial charge in [-0.3, -0.25) is 0 Å². The molecule has 1 aromatic heterocycles. The van der Waals surface area contributed by atoms with E-state index in [1.807, 2.05) is 65.8 Å². The van der Waals surface area contributed by atoms with Crippen LogP contribution >= 0.6 is 11.6 Å². The summed E-state index contributed by atoms with van der Waals surface area (Å²) in [7, 11) is 0. The van der Waals surface area contributed by atoms with Crippen LogP contribution in [0, 0.1) is 0 Å². The molecule has 0 unspecified atom stereocenters. The highest BCUT2D eigenvalue weighted by atomic mass is 35.5. The molecule has 202 valence electrons. The number of ether oxygens (including phenoxy) is 2. The fourth-order valence-electron chi connectivity index (χ4n) is 4.49. The van der Waals surface area contributed by atoms with Crippen molar-refractivity contribution in [2.75, 3.05) is 49.5 Å². The van der Waals surface area contributed by atoms with Crippen LogP contribution in [0.5, 0.6) is 0 Å². The summed E-state index contributed by atoms with van der Waals surface area (Å²) in [6.07, 6.45) is 0.289. The third kappa shape index (κ3) is 7.09. The van der Waals surface area contributed by atoms with Crippen LogP contribution in [-0.4, -0.2) is 83.5 Å². The van der Waals surface area contributed by atoms with Crippen LogP contribution < -0.4 is 10.2 Å². The lowest BCUT2D eigenvalue weighted by molar-refractivity contribution is 0.0238. The fourth-order valence-corrected chi connectivity index (χ4v) is 4.76. The van der Waals surface area contributed by atoms with Crippen molar-refractivity contribution < 1.29 is 19.1 Å². The van der Waals surface area contributed by atoms with Crippen molar-refractivity contribution in [1.82, 2.24) is 14.8 Å². The molecule has 0 spiro atoms. The molecule has 2 saturated heterocycles. The van der Waals surface area contributed by atoms with E-state index in [0.717, 1.165) is 28.8 Å². The molecule has 0 radical (unpaired) electrons. The molecule has 2 aromatic rings. The summed E-state index contributed by atoms with van der Waals surface area (Å²) in [5.41, 5.74) is 0.791. The van der Waals surface area contributed by atoms with E-state index < -0.39 is 11.2 Å². The van der Waals surface area contributed by atoms with Gasteiger partial charge in [-0.05, 0) is 72.2 Å². The van der Waals surface area contributed by atoms with Gasteiger partial charge >= 0.3 is 12.2 Å². The van der Waals surface area contributed by atoms with E-state index in [2.05, 4.69) is 10.2 Å². The van der Waals surface area contributed by atoms with Crippen LogP contribution in [-0.2, 0) is 9.47 Å². The molecule has 1 N–H and O–H groups in total. The Labute approximate surface area is 224 Å². The monoisotopic (exact) mass is 531 g/mol. The Hall–Kier alpha value is -2.94. The van der Waals surface area contributed by atoms with Crippen molar-refractivity contribution in [3.63, 3.8) is 0 Å². The number of piperazine rings is 1. The number of aromatic nitrogens is 1. The first kappa shape index (κ1) is 27.1. The lowest BCUT2D eigenvalue weighted by atomic mass is 10.1. The summed E-state index contributed by atoms with van der Waals surface area (Å²) < 4.78 is 11.0. The third-order valence-electron chi connectivity index (χ3n) is 6.19. The van der Waals surface area contributed by atoms with Gasteiger partial charge in [-0.25, -0.2) is 14.6 Å². The van der Waals surface area contributed by atoms with E-state index in [1.165, 1.54) is 0 Å². The molecule has 4 rings (SSSR count). The molecule has 2 aliphatic rings. The highest BCUT2D eigenvalue weighted by molar-refractivity contribution is 6.33. The molecular formula is C27H38ClN5O4. The predicted molar refractivity (Wildman–Crippen MR) is 147 cm³/mol. The Balaban J connectivity index is 1.37. The largest absolute Gasteiger partial charge is 0.444 e. The van der Waals surface area contributed by atoms with E-state index in [0.29, 0.717) is 44.3 Å². The number of hydrogen-bond acceptors (Lipinski definition) is 7. The Morgan fingerprint density at radius 1 is 0.919 bits per heavy atom. The van der Waals surface area contributed by atoms with E-state index in [9.17, 15) is 9.59 Å². The zero-order valence-electron chi connectivity index (χ0n) is 22.6. The lowest BCUT2D eigenvalue weighted by Gasteiger charge is -2.36. The molecule has 2 amide bonds. The predicted octanol–water partition coefficient (Wildman–Crippen LogP) is 5.37. The van der Waals surface area contributed by atoms with Gasteiger partial charge in [-0.1, -0.05) is 11.6 Å². The van der Waals surface area contributed by atoms with Crippen LogP contribution in [0.3, 0.4) is 0 Å². The van der Waals surface area contributed by atoms with Gasteiger partial charge in [-0.15, -0.1) is 0 Å². The van der Waals surface area contributed by atoms with Crippen LogP contribution in [0.2, 0.25) is 5.02 Å². The number of nitrogens with one attached hydrogen (secondary N) is 1. The maximum atomic E-state index is 12.4. The summed E-state index contributed by atoms with van der Waals surface area (Å²) in [6.45, 7) is 14.9. The molecule has 2 aliphatic heterocycles. The van der Waals surface area contributed by atoms with Gasteiger partial charge in [0.1, 0.15) is 17.0 Å². The smallest absolute Gasteiger partial charge is 0.410 e. The van der Waals surface area contributed by atoms with Crippen LogP contribution in [0.4, 0.5) is 21.1 Å². The Morgan fingerprint density at radius 3 is 2.16 bits per heavy atom. The van der Waals surface area contributed by atoms with Crippen LogP contribution in [0.15, 0.2) is 24.3 Å². The minimum Gasteiger partial charge on any atom is -0.444 e. The van der Waals surface area contributed by atoms with Crippen molar-refractivity contribution in [2.24, 2.45) is 0 Å². The number of pyridine rings is 1. The molecular weight excluding hydrogens is 494 g/mol. The van der Waals surface area contributed by atoms with Gasteiger partial charge in [0.15, 0.2) is 0 Å². The molecule has 9 nitrogen and oxygen atoms in total. The molecule has 0 saturated carbocycles. The average Bonchev–Trinajstić information content (AvgIpc) is 3.25. The van der Waals surface area contributed by atoms with E-state index >= 15 is 0 Å². The summed E-state index contributed by atoms with van der Waals surface area (Å²) in [5.74, 6) is 0.725. The first-order valence-electron chi connectivity index (χ1n) is 12.8. The van der Waals surface area contributed by atoms with Gasteiger partial charge in [0, 0.05) is 56.4 Å². The third-order valence-corrected chi connectivity index (χ3v) is 6.47. The van der Waals surface area contributed by atoms with Gasteiger partial charge < -0.3 is 29.5 Å². The number of likely N-dealkylation sites (tertiary alicyclic amines) is 1. The molecule has 0 bridgehead atoms. The molecule has 1 aromatic carbocycles. The van der Waals surface area contributed by atoms with E-state index in [-0.39, 0.29) is 18.2 Å². The van der Waals surface area contributed by atoms with Crippen LogP contribution in [0.25, 0.3) is 10.9 Å². The van der Waals surface area contributed by atoms with Crippen molar-refractivity contribution in [3.8, 4) is 0 Å². The Kier molecular flexibility index (Phi) is 7.65. The lowest BCUT2D eigenvalue weighted by Crippen LogP contribution is -2.50. The second kappa shape index (κ2) is 10.4. The zero-order valence-corrected chi connectivity index (χ0v) is 23.4. The summed E-state index contributed by atoms with van der Waals surface area (Å²) in [6, 6.07) is 8.10. The van der Waals surface area contributed by atoms with E-state index in [1.54, 1.807) is 9.80 Å². The zero-order chi connectivity index (χ0) is 27.0. The average molecular weight is 532 g/mol. The number of carbonyl (C=O) groups is 2. The van der Waals surface area contributed by atoms with Gasteiger partial charge in [-0.2, -0.15) is 0 Å². The normalized spacial score (nSPS) is 18.8. The molecule has 10 heteroatoms. The number of benzene rings is 1. The van der Waals surface area contributed by atoms with Crippen molar-refractivity contribution in [3.05, 3.63) is 29.3 Å². The minimum absolute atomic E-state index is 0.147. The number of nitrogens with zero attached hydrogens (tertiary/aromatic N) is 4. The second-order valence-electron chi connectivity index (χ2n) is 11.7. The molecule has 2 fully saturated rings. The maximum absolute atomic E-state index is 12.4. The molecule has 1 atom stereocenters. The summed E-state index contributed by atoms with van der Waals surface area (Å²) >= 11 is 6.66. The SMILES string of the molecule is CC(C)(C)OC(=O)N1CCN(c2nc3ccc(N[C@@H]4CCN(C(=O)OC(C)(C)C)C4)cc3cc2Cl)CC1. The quantitative estimate of drug-likeness (QED) is 0.570. The fraction of sp³-hybridized carbons (Fsp3) is 0.593. The van der Waals surface area contributed by atoms with Crippen molar-refractivity contribution in [1.29, 1.82) is 0 Å². The number of amides is 2. The Morgan fingerprint density at radius 2 is 1.54 bits per heavy atom. The topological polar surface area (TPSA) is 87.2 Å². The maximum Gasteiger partial charge on any atom is 0.410 e. The first-order valence-corrected chi connectivity index (χ1v) is 13.2. The number of hydrogen-bond donors (Lipinski definition) is 1. The van der Waals surface area contributed by atoms with Gasteiger partial charge in [0.2, 0.25) is 0 Å². The number of rotatable bonds is 3. The molecule has 3 heterocycles. The number of carbonyl (C=O) groups excluding carboxylic acids is 2. The Bertz CT molecular complexity index is 1150. The number of halogens is 1. The van der Waals surface area contributed by atoms with Crippen molar-refractivity contribution in [2.45, 2.75) is 65.2 Å². The van der Waals surface area contributed by atoms with Crippen LogP contribution in [0.1, 0.15) is 48.0 Å². The van der Waals surface area contributed by atoms with Gasteiger partial charge in [0.25, 0.3) is 0 Å². The summed E-state index contributed by atoms with van der Waals surface area (Å²) in [5, 5.41) is 5.04. The van der Waals surface area contributed by atoms with E-state index in [4.69, 9.17) is 26.1 Å². The number of anilines is 2. The molecule has 37 heavy (non-hydrogen) atoms. The first-order chi connectivity index (χ1) is 17.3. The summed E-state index contributed by atoms with van der Waals surface area (Å²) in [4.78, 5) is 35.1. The minimum atomic E-state index is -0.514.